The zero-order valence-electron chi connectivity index (χ0n) is 10.2. The Morgan fingerprint density at radius 3 is 2.83 bits per heavy atom. The van der Waals surface area contributed by atoms with Crippen molar-refractivity contribution in [3.05, 3.63) is 40.5 Å². The van der Waals surface area contributed by atoms with Crippen molar-refractivity contribution >= 4 is 5.88 Å². The van der Waals surface area contributed by atoms with Gasteiger partial charge in [0.1, 0.15) is 12.7 Å². The van der Waals surface area contributed by atoms with E-state index in [2.05, 4.69) is 5.16 Å². The molecule has 0 bridgehead atoms. The number of nitriles is 1. The van der Waals surface area contributed by atoms with Crippen LogP contribution in [0, 0.1) is 25.2 Å². The van der Waals surface area contributed by atoms with E-state index in [1.165, 1.54) is 11.1 Å². The topological polar surface area (TPSA) is 85.1 Å². The van der Waals surface area contributed by atoms with Crippen LogP contribution in [-0.4, -0.2) is 5.16 Å². The Morgan fingerprint density at radius 1 is 1.39 bits per heavy atom. The average molecular weight is 243 g/mol. The van der Waals surface area contributed by atoms with Crippen molar-refractivity contribution in [2.24, 2.45) is 0 Å². The van der Waals surface area contributed by atoms with Crippen molar-refractivity contribution in [1.82, 2.24) is 5.16 Å². The highest BCUT2D eigenvalue weighted by molar-refractivity contribution is 5.51. The Bertz CT molecular complexity index is 611. The lowest BCUT2D eigenvalue weighted by Crippen LogP contribution is -1.98. The summed E-state index contributed by atoms with van der Waals surface area (Å²) in [5.41, 5.74) is 8.99. The molecule has 0 saturated carbocycles. The second-order valence-corrected chi connectivity index (χ2v) is 4.05. The molecule has 92 valence electrons. The predicted octanol–water partition coefficient (Wildman–Crippen LogP) is 2.32. The smallest absolute Gasteiger partial charge is 0.275 e. The number of ether oxygens (including phenoxy) is 1. The number of hydrogen-bond acceptors (Lipinski definition) is 5. The molecule has 0 aliphatic heterocycles. The first-order chi connectivity index (χ1) is 8.61. The van der Waals surface area contributed by atoms with Crippen LogP contribution >= 0.6 is 0 Å². The minimum atomic E-state index is -0.0208. The molecule has 2 aromatic rings. The third-order valence-corrected chi connectivity index (χ3v) is 2.75. The second kappa shape index (κ2) is 4.80. The minimum absolute atomic E-state index is 0.0208. The Morgan fingerprint density at radius 2 is 2.17 bits per heavy atom. The molecule has 2 N–H and O–H groups in total. The molecule has 1 aromatic heterocycles. The number of nitrogens with two attached hydrogens (primary N) is 1. The quantitative estimate of drug-likeness (QED) is 0.894. The highest BCUT2D eigenvalue weighted by Gasteiger charge is 2.14. The maximum atomic E-state index is 8.86. The molecule has 0 unspecified atom stereocenters. The molecule has 0 amide bonds. The molecule has 0 aliphatic carbocycles. The average Bonchev–Trinajstić information content (AvgIpc) is 2.71. The van der Waals surface area contributed by atoms with Gasteiger partial charge < -0.3 is 15.0 Å². The fraction of sp³-hybridized carbons (Fsp3) is 0.231. The van der Waals surface area contributed by atoms with Crippen molar-refractivity contribution < 1.29 is 9.26 Å². The van der Waals surface area contributed by atoms with Crippen LogP contribution in [0.1, 0.15) is 22.3 Å². The van der Waals surface area contributed by atoms with Crippen molar-refractivity contribution in [3.63, 3.8) is 0 Å². The van der Waals surface area contributed by atoms with E-state index < -0.39 is 0 Å². The van der Waals surface area contributed by atoms with Gasteiger partial charge >= 0.3 is 0 Å². The molecular weight excluding hydrogens is 230 g/mol. The summed E-state index contributed by atoms with van der Waals surface area (Å²) in [7, 11) is 0. The first-order valence-corrected chi connectivity index (χ1v) is 5.46. The van der Waals surface area contributed by atoms with Gasteiger partial charge in [0, 0.05) is 0 Å². The fourth-order valence-corrected chi connectivity index (χ4v) is 1.53. The SMILES string of the molecule is Cc1ccc(COc2noc(N)c2C#N)cc1C. The van der Waals surface area contributed by atoms with Gasteiger partial charge in [-0.3, -0.25) is 0 Å². The van der Waals surface area contributed by atoms with Crippen LogP contribution in [0.2, 0.25) is 0 Å². The van der Waals surface area contributed by atoms with Crippen LogP contribution in [0.4, 0.5) is 5.88 Å². The zero-order valence-corrected chi connectivity index (χ0v) is 10.2. The van der Waals surface area contributed by atoms with Gasteiger partial charge in [0.25, 0.3) is 5.88 Å². The lowest BCUT2D eigenvalue weighted by atomic mass is 10.1. The van der Waals surface area contributed by atoms with Gasteiger partial charge in [-0.25, -0.2) is 0 Å². The summed E-state index contributed by atoms with van der Waals surface area (Å²) < 4.78 is 10.1. The Hall–Kier alpha value is -2.48. The van der Waals surface area contributed by atoms with Gasteiger partial charge in [-0.2, -0.15) is 5.26 Å². The molecule has 1 heterocycles. The lowest BCUT2D eigenvalue weighted by molar-refractivity contribution is 0.270. The molecule has 5 nitrogen and oxygen atoms in total. The lowest BCUT2D eigenvalue weighted by Gasteiger charge is -2.05. The number of hydrogen-bond donors (Lipinski definition) is 1. The molecule has 0 spiro atoms. The van der Waals surface area contributed by atoms with E-state index in [9.17, 15) is 0 Å². The number of rotatable bonds is 3. The molecule has 0 radical (unpaired) electrons. The van der Waals surface area contributed by atoms with E-state index in [0.717, 1.165) is 5.56 Å². The number of nitrogen functional groups attached to an aromatic ring is 1. The monoisotopic (exact) mass is 243 g/mol. The Balaban J connectivity index is 2.12. The third-order valence-electron chi connectivity index (χ3n) is 2.75. The normalized spacial score (nSPS) is 10.1. The van der Waals surface area contributed by atoms with Crippen LogP contribution < -0.4 is 10.5 Å². The number of anilines is 1. The summed E-state index contributed by atoms with van der Waals surface area (Å²) in [4.78, 5) is 0. The van der Waals surface area contributed by atoms with Gasteiger partial charge in [0.05, 0.1) is 0 Å². The molecule has 5 heteroatoms. The van der Waals surface area contributed by atoms with Gasteiger partial charge in [-0.15, -0.1) is 0 Å². The molecule has 0 aliphatic rings. The first-order valence-electron chi connectivity index (χ1n) is 5.46. The number of aryl methyl sites for hydroxylation is 2. The standard InChI is InChI=1S/C13H13N3O2/c1-8-3-4-10(5-9(8)2)7-17-13-11(6-14)12(15)18-16-13/h3-5H,7,15H2,1-2H3. The van der Waals surface area contributed by atoms with Crippen LogP contribution in [0.25, 0.3) is 0 Å². The van der Waals surface area contributed by atoms with Gasteiger partial charge in [0.15, 0.2) is 5.56 Å². The van der Waals surface area contributed by atoms with Crippen molar-refractivity contribution in [2.45, 2.75) is 20.5 Å². The number of aromatic nitrogens is 1. The minimum Gasteiger partial charge on any atom is -0.470 e. The molecule has 2 rings (SSSR count). The van der Waals surface area contributed by atoms with E-state index in [0.29, 0.717) is 6.61 Å². The van der Waals surface area contributed by atoms with Crippen LogP contribution in [0.3, 0.4) is 0 Å². The first kappa shape index (κ1) is 12.0. The van der Waals surface area contributed by atoms with Crippen molar-refractivity contribution in [2.75, 3.05) is 5.73 Å². The van der Waals surface area contributed by atoms with E-state index in [-0.39, 0.29) is 17.3 Å². The summed E-state index contributed by atoms with van der Waals surface area (Å²) in [6.07, 6.45) is 0. The van der Waals surface area contributed by atoms with E-state index in [1.54, 1.807) is 0 Å². The fourth-order valence-electron chi connectivity index (χ4n) is 1.53. The van der Waals surface area contributed by atoms with Crippen molar-refractivity contribution in [1.29, 1.82) is 5.26 Å². The highest BCUT2D eigenvalue weighted by atomic mass is 16.5. The van der Waals surface area contributed by atoms with Crippen LogP contribution in [0.15, 0.2) is 22.7 Å². The van der Waals surface area contributed by atoms with Gasteiger partial charge in [-0.05, 0) is 35.7 Å². The summed E-state index contributed by atoms with van der Waals surface area (Å²) >= 11 is 0. The zero-order chi connectivity index (χ0) is 13.1. The van der Waals surface area contributed by atoms with Gasteiger partial charge in [0.2, 0.25) is 5.88 Å². The van der Waals surface area contributed by atoms with E-state index >= 15 is 0 Å². The molecule has 0 fully saturated rings. The molecule has 0 atom stereocenters. The third kappa shape index (κ3) is 2.28. The van der Waals surface area contributed by atoms with E-state index in [4.69, 9.17) is 20.3 Å². The van der Waals surface area contributed by atoms with Crippen molar-refractivity contribution in [3.8, 4) is 11.9 Å². The van der Waals surface area contributed by atoms with E-state index in [1.807, 2.05) is 38.1 Å². The maximum Gasteiger partial charge on any atom is 0.275 e. The Labute approximate surface area is 105 Å². The maximum absolute atomic E-state index is 8.86. The predicted molar refractivity (Wildman–Crippen MR) is 65.9 cm³/mol. The molecular formula is C13H13N3O2. The summed E-state index contributed by atoms with van der Waals surface area (Å²) in [6.45, 7) is 4.40. The van der Waals surface area contributed by atoms with Crippen LogP contribution in [0.5, 0.6) is 5.88 Å². The number of nitrogens with zero attached hydrogens (tertiary/aromatic N) is 2. The highest BCUT2D eigenvalue weighted by Crippen LogP contribution is 2.23. The number of benzene rings is 1. The summed E-state index contributed by atoms with van der Waals surface area (Å²) in [5.74, 6) is 0.112. The second-order valence-electron chi connectivity index (χ2n) is 4.05. The molecule has 1 aromatic carbocycles. The Kier molecular flexibility index (Phi) is 3.20. The van der Waals surface area contributed by atoms with Crippen LogP contribution in [-0.2, 0) is 6.61 Å². The molecule has 18 heavy (non-hydrogen) atoms. The van der Waals surface area contributed by atoms with Gasteiger partial charge in [-0.1, -0.05) is 18.2 Å². The molecule has 0 saturated heterocycles. The summed E-state index contributed by atoms with van der Waals surface area (Å²) in [5, 5.41) is 12.5. The summed E-state index contributed by atoms with van der Waals surface area (Å²) in [6, 6.07) is 7.92. The largest absolute Gasteiger partial charge is 0.470 e.